The fourth-order valence-electron chi connectivity index (χ4n) is 5.42. The predicted molar refractivity (Wildman–Crippen MR) is 134 cm³/mol. The van der Waals surface area contributed by atoms with Crippen LogP contribution in [0.1, 0.15) is 32.6 Å². The van der Waals surface area contributed by atoms with Crippen molar-refractivity contribution < 1.29 is 19.0 Å². The van der Waals surface area contributed by atoms with Gasteiger partial charge in [0.1, 0.15) is 11.9 Å². The summed E-state index contributed by atoms with van der Waals surface area (Å²) in [5.74, 6) is 1.67. The van der Waals surface area contributed by atoms with E-state index in [4.69, 9.17) is 9.47 Å². The van der Waals surface area contributed by atoms with Crippen molar-refractivity contribution in [1.82, 2.24) is 25.5 Å². The van der Waals surface area contributed by atoms with Crippen molar-refractivity contribution in [3.63, 3.8) is 0 Å². The van der Waals surface area contributed by atoms with Crippen LogP contribution in [0.25, 0.3) is 22.5 Å². The van der Waals surface area contributed by atoms with Gasteiger partial charge in [0.25, 0.3) is 5.88 Å². The molecular formula is C26H31FN6O3. The molecule has 2 bridgehead atoms. The summed E-state index contributed by atoms with van der Waals surface area (Å²) in [6, 6.07) is 6.98. The normalized spacial score (nSPS) is 25.3. The number of pyridine rings is 1. The van der Waals surface area contributed by atoms with Crippen LogP contribution in [0.5, 0.6) is 17.4 Å². The lowest BCUT2D eigenvalue weighted by molar-refractivity contribution is 0.0405. The number of piperidine rings is 2. The van der Waals surface area contributed by atoms with Crippen LogP contribution in [0.3, 0.4) is 0 Å². The number of aromatic hydroxyl groups is 1. The number of nitrogens with zero attached hydrogens (tertiary/aromatic N) is 5. The number of methoxy groups -OCH3 is 2. The molecule has 0 unspecified atom stereocenters. The van der Waals surface area contributed by atoms with Crippen molar-refractivity contribution >= 4 is 5.82 Å². The number of alkyl halides is 1. The lowest BCUT2D eigenvalue weighted by atomic mass is 9.73. The van der Waals surface area contributed by atoms with Gasteiger partial charge < -0.3 is 24.8 Å². The Hall–Kier alpha value is -3.53. The van der Waals surface area contributed by atoms with E-state index in [1.165, 1.54) is 7.11 Å². The second-order valence-electron chi connectivity index (χ2n) is 9.77. The third-order valence-corrected chi connectivity index (χ3v) is 7.47. The van der Waals surface area contributed by atoms with Crippen LogP contribution in [-0.4, -0.2) is 70.3 Å². The Morgan fingerprint density at radius 2 is 1.94 bits per heavy atom. The number of anilines is 1. The zero-order valence-electron chi connectivity index (χ0n) is 20.9. The molecule has 0 amide bonds. The molecule has 9 nitrogen and oxygen atoms in total. The minimum Gasteiger partial charge on any atom is -0.507 e. The van der Waals surface area contributed by atoms with Gasteiger partial charge in [-0.15, -0.1) is 10.2 Å². The first-order valence-electron chi connectivity index (χ1n) is 12.1. The molecule has 2 aromatic heterocycles. The molecule has 4 atom stereocenters. The molecule has 2 aliphatic heterocycles. The summed E-state index contributed by atoms with van der Waals surface area (Å²) in [5, 5.41) is 22.8. The van der Waals surface area contributed by atoms with E-state index >= 15 is 4.39 Å². The largest absolute Gasteiger partial charge is 0.507 e. The Kier molecular flexibility index (Phi) is 6.38. The number of rotatable bonds is 6. The molecular weight excluding hydrogens is 463 g/mol. The number of fused-ring (bicyclic) bond motifs is 2. The van der Waals surface area contributed by atoms with Crippen LogP contribution < -0.4 is 19.7 Å². The van der Waals surface area contributed by atoms with E-state index < -0.39 is 11.7 Å². The summed E-state index contributed by atoms with van der Waals surface area (Å²) in [7, 11) is 4.91. The van der Waals surface area contributed by atoms with Crippen molar-refractivity contribution in [2.24, 2.45) is 0 Å². The number of hydrogen-bond donors (Lipinski definition) is 2. The first-order valence-corrected chi connectivity index (χ1v) is 12.1. The highest BCUT2D eigenvalue weighted by Gasteiger charge is 2.49. The van der Waals surface area contributed by atoms with Crippen LogP contribution >= 0.6 is 0 Å². The van der Waals surface area contributed by atoms with Crippen LogP contribution in [0.2, 0.25) is 0 Å². The molecule has 2 fully saturated rings. The van der Waals surface area contributed by atoms with Gasteiger partial charge in [-0.05, 0) is 56.4 Å². The van der Waals surface area contributed by atoms with Gasteiger partial charge >= 0.3 is 0 Å². The minimum absolute atomic E-state index is 0.00752. The number of halogens is 1. The molecule has 5 rings (SSSR count). The Morgan fingerprint density at radius 3 is 2.64 bits per heavy atom. The summed E-state index contributed by atoms with van der Waals surface area (Å²) in [5.41, 5.74) is 1.43. The van der Waals surface area contributed by atoms with Crippen molar-refractivity contribution in [2.75, 3.05) is 26.2 Å². The first-order chi connectivity index (χ1) is 17.3. The number of aromatic nitrogens is 4. The third-order valence-electron chi connectivity index (χ3n) is 7.47. The smallest absolute Gasteiger partial charge is 0.256 e. The Morgan fingerprint density at radius 1 is 1.11 bits per heavy atom. The van der Waals surface area contributed by atoms with Gasteiger partial charge in [0, 0.05) is 30.4 Å². The van der Waals surface area contributed by atoms with Crippen LogP contribution in [0, 0.1) is 0 Å². The SMILES string of the molecule is COc1cc(-c2ccc(-c3ncc(N(C)[C@@H]4C[C@@H]5CCC[C@](C)(N5)[C@@H]4F)nn3)c(O)c2)cnc1OC. The van der Waals surface area contributed by atoms with Gasteiger partial charge in [0.2, 0.25) is 0 Å². The highest BCUT2D eigenvalue weighted by atomic mass is 19.1. The summed E-state index contributed by atoms with van der Waals surface area (Å²) in [4.78, 5) is 10.5. The fourth-order valence-corrected chi connectivity index (χ4v) is 5.42. The number of hydrogen-bond acceptors (Lipinski definition) is 9. The lowest BCUT2D eigenvalue weighted by Gasteiger charge is -2.52. The zero-order valence-corrected chi connectivity index (χ0v) is 20.9. The molecule has 0 spiro atoms. The minimum atomic E-state index is -1.02. The van der Waals surface area contributed by atoms with Gasteiger partial charge in [0.05, 0.1) is 32.0 Å². The van der Waals surface area contributed by atoms with Crippen LogP contribution in [0.4, 0.5) is 10.2 Å². The van der Waals surface area contributed by atoms with Crippen molar-refractivity contribution in [1.29, 1.82) is 0 Å². The lowest BCUT2D eigenvalue weighted by Crippen LogP contribution is -2.68. The van der Waals surface area contributed by atoms with Gasteiger partial charge in [-0.25, -0.2) is 14.4 Å². The van der Waals surface area contributed by atoms with Gasteiger partial charge in [0.15, 0.2) is 17.4 Å². The Balaban J connectivity index is 1.36. The molecule has 3 aromatic rings. The van der Waals surface area contributed by atoms with E-state index in [-0.39, 0.29) is 17.6 Å². The Bertz CT molecular complexity index is 1240. The van der Waals surface area contributed by atoms with E-state index in [2.05, 4.69) is 25.5 Å². The topological polar surface area (TPSA) is 106 Å². The summed E-state index contributed by atoms with van der Waals surface area (Å²) in [6.07, 6.45) is 5.85. The summed E-state index contributed by atoms with van der Waals surface area (Å²) >= 11 is 0. The monoisotopic (exact) mass is 494 g/mol. The van der Waals surface area contributed by atoms with Gasteiger partial charge in [-0.1, -0.05) is 6.07 Å². The molecule has 2 saturated heterocycles. The second kappa shape index (κ2) is 9.50. The first kappa shape index (κ1) is 24.2. The molecule has 2 N–H and O–H groups in total. The molecule has 36 heavy (non-hydrogen) atoms. The maximum Gasteiger partial charge on any atom is 0.256 e. The van der Waals surface area contributed by atoms with E-state index in [9.17, 15) is 5.11 Å². The zero-order chi connectivity index (χ0) is 25.4. The number of ether oxygens (including phenoxy) is 2. The number of benzene rings is 1. The van der Waals surface area contributed by atoms with Crippen LogP contribution in [-0.2, 0) is 0 Å². The van der Waals surface area contributed by atoms with Crippen LogP contribution in [0.15, 0.2) is 36.7 Å². The average molecular weight is 495 g/mol. The average Bonchev–Trinajstić information content (AvgIpc) is 2.90. The highest BCUT2D eigenvalue weighted by Crippen LogP contribution is 2.39. The van der Waals surface area contributed by atoms with Crippen molar-refractivity contribution in [3.8, 4) is 39.9 Å². The second-order valence-corrected chi connectivity index (χ2v) is 9.77. The third kappa shape index (κ3) is 4.30. The molecule has 0 radical (unpaired) electrons. The molecule has 0 saturated carbocycles. The molecule has 2 aliphatic rings. The maximum atomic E-state index is 15.5. The van der Waals surface area contributed by atoms with E-state index in [1.807, 2.05) is 24.9 Å². The summed E-state index contributed by atoms with van der Waals surface area (Å²) < 4.78 is 26.0. The predicted octanol–water partition coefficient (Wildman–Crippen LogP) is 3.77. The molecule has 190 valence electrons. The maximum absolute atomic E-state index is 15.5. The number of phenolic OH excluding ortho intramolecular Hbond substituents is 1. The number of phenols is 1. The quantitative estimate of drug-likeness (QED) is 0.530. The summed E-state index contributed by atoms with van der Waals surface area (Å²) in [6.45, 7) is 1.97. The fraction of sp³-hybridized carbons (Fsp3) is 0.462. The van der Waals surface area contributed by atoms with E-state index in [0.717, 1.165) is 30.4 Å². The van der Waals surface area contributed by atoms with Gasteiger partial charge in [-0.2, -0.15) is 0 Å². The van der Waals surface area contributed by atoms with Gasteiger partial charge in [-0.3, -0.25) is 0 Å². The van der Waals surface area contributed by atoms with Crippen molar-refractivity contribution in [3.05, 3.63) is 36.7 Å². The molecule has 10 heteroatoms. The van der Waals surface area contributed by atoms with E-state index in [1.54, 1.807) is 37.7 Å². The van der Waals surface area contributed by atoms with E-state index in [0.29, 0.717) is 35.5 Å². The van der Waals surface area contributed by atoms with Crippen molar-refractivity contribution in [2.45, 2.75) is 56.4 Å². The molecule has 4 heterocycles. The molecule has 0 aliphatic carbocycles. The number of nitrogens with one attached hydrogen (secondary N) is 1. The highest BCUT2D eigenvalue weighted by molar-refractivity contribution is 5.73. The Labute approximate surface area is 209 Å². The standard InChI is InChI=1S/C26H31FN6O3/c1-26-9-5-6-17(30-26)12-19(23(26)27)33(2)22-14-28-24(32-31-22)18-8-7-15(10-20(18)34)16-11-21(35-3)25(36-4)29-13-16/h7-8,10-11,13-14,17,19,23,30,34H,5-6,9,12H2,1-4H3/t17-,19+,23+,26-/m0/s1. The molecule has 1 aromatic carbocycles.